The van der Waals surface area contributed by atoms with Gasteiger partial charge < -0.3 is 0 Å². The number of para-hydroxylation sites is 1. The first kappa shape index (κ1) is 17.6. The van der Waals surface area contributed by atoms with Crippen LogP contribution in [0.4, 0.5) is 0 Å². The molecule has 140 valence electrons. The predicted octanol–water partition coefficient (Wildman–Crippen LogP) is 4.55. The Morgan fingerprint density at radius 3 is 2.45 bits per heavy atom. The molecule has 0 aliphatic heterocycles. The molecule has 1 aliphatic carbocycles. The molecule has 0 radical (unpaired) electrons. The Hall–Kier alpha value is -3.44. The van der Waals surface area contributed by atoms with Crippen molar-refractivity contribution in [3.63, 3.8) is 0 Å². The molecule has 29 heavy (non-hydrogen) atoms. The highest BCUT2D eigenvalue weighted by atomic mass is 32.1. The number of hydrogen-bond donors (Lipinski definition) is 0. The molecule has 4 aromatic rings. The van der Waals surface area contributed by atoms with Crippen molar-refractivity contribution < 1.29 is 14.2 Å². The van der Waals surface area contributed by atoms with Crippen molar-refractivity contribution in [1.29, 1.82) is 0 Å². The van der Waals surface area contributed by atoms with Crippen LogP contribution in [0.15, 0.2) is 60.8 Å². The van der Waals surface area contributed by atoms with Crippen LogP contribution in [0.3, 0.4) is 0 Å². The SMILES string of the molecule is CC[n+]1ccc(/C=C/c2nc3c(s2)C(=O)c2ccccc2C3=O)c2ccccc21. The summed E-state index contributed by atoms with van der Waals surface area (Å²) in [5.41, 5.74) is 3.39. The van der Waals surface area contributed by atoms with E-state index in [1.165, 1.54) is 11.3 Å². The van der Waals surface area contributed by atoms with E-state index in [4.69, 9.17) is 0 Å². The first-order valence-electron chi connectivity index (χ1n) is 9.46. The quantitative estimate of drug-likeness (QED) is 0.420. The van der Waals surface area contributed by atoms with Gasteiger partial charge >= 0.3 is 0 Å². The number of fused-ring (bicyclic) bond motifs is 3. The lowest BCUT2D eigenvalue weighted by Crippen LogP contribution is -2.32. The van der Waals surface area contributed by atoms with Crippen LogP contribution in [-0.2, 0) is 6.54 Å². The second kappa shape index (κ2) is 6.87. The standard InChI is InChI=1S/C24H17N2O2S/c1-2-26-14-13-15(16-7-5-6-10-19(16)26)11-12-20-25-21-22(27)17-8-3-4-9-18(17)23(28)24(21)29-20/h3-14H,2H2,1H3/q+1/b12-11+. The Bertz CT molecular complexity index is 1280. The second-order valence-corrected chi connectivity index (χ2v) is 7.87. The molecule has 2 aromatic carbocycles. The molecule has 0 saturated heterocycles. The minimum absolute atomic E-state index is 0.124. The van der Waals surface area contributed by atoms with Crippen LogP contribution < -0.4 is 4.57 Å². The molecule has 0 unspecified atom stereocenters. The van der Waals surface area contributed by atoms with E-state index in [0.29, 0.717) is 21.0 Å². The lowest BCUT2D eigenvalue weighted by Gasteiger charge is -2.11. The van der Waals surface area contributed by atoms with Crippen molar-refractivity contribution >= 4 is 46.0 Å². The maximum absolute atomic E-state index is 12.8. The summed E-state index contributed by atoms with van der Waals surface area (Å²) in [6, 6.07) is 17.3. The monoisotopic (exact) mass is 397 g/mol. The summed E-state index contributed by atoms with van der Waals surface area (Å²) in [4.78, 5) is 30.4. The Balaban J connectivity index is 1.55. The van der Waals surface area contributed by atoms with Gasteiger partial charge in [0.1, 0.15) is 22.1 Å². The van der Waals surface area contributed by atoms with Crippen LogP contribution in [0.2, 0.25) is 0 Å². The Kier molecular flexibility index (Phi) is 4.18. The van der Waals surface area contributed by atoms with Gasteiger partial charge in [-0.05, 0) is 24.6 Å². The van der Waals surface area contributed by atoms with E-state index in [2.05, 4.69) is 40.9 Å². The van der Waals surface area contributed by atoms with Gasteiger partial charge in [-0.3, -0.25) is 9.59 Å². The van der Waals surface area contributed by atoms with Gasteiger partial charge in [-0.2, -0.15) is 4.57 Å². The van der Waals surface area contributed by atoms with E-state index < -0.39 is 0 Å². The molecule has 0 amide bonds. The van der Waals surface area contributed by atoms with Crippen LogP contribution in [0.25, 0.3) is 23.1 Å². The fourth-order valence-electron chi connectivity index (χ4n) is 3.74. The summed E-state index contributed by atoms with van der Waals surface area (Å²) >= 11 is 1.27. The zero-order chi connectivity index (χ0) is 20.0. The first-order valence-corrected chi connectivity index (χ1v) is 10.3. The number of benzene rings is 2. The Morgan fingerprint density at radius 2 is 1.66 bits per heavy atom. The highest BCUT2D eigenvalue weighted by Gasteiger charge is 2.32. The Morgan fingerprint density at radius 1 is 0.931 bits per heavy atom. The van der Waals surface area contributed by atoms with Crippen LogP contribution in [-0.4, -0.2) is 16.6 Å². The fraction of sp³-hybridized carbons (Fsp3) is 0.0833. The van der Waals surface area contributed by atoms with E-state index in [9.17, 15) is 9.59 Å². The summed E-state index contributed by atoms with van der Waals surface area (Å²) in [6.45, 7) is 3.02. The molecular weight excluding hydrogens is 380 g/mol. The largest absolute Gasteiger partial charge is 0.288 e. The van der Waals surface area contributed by atoms with Crippen LogP contribution in [0.5, 0.6) is 0 Å². The second-order valence-electron chi connectivity index (χ2n) is 6.84. The van der Waals surface area contributed by atoms with Gasteiger partial charge in [0.15, 0.2) is 6.20 Å². The molecule has 5 heteroatoms. The Labute approximate surface area is 171 Å². The van der Waals surface area contributed by atoms with Gasteiger partial charge in [-0.15, -0.1) is 11.3 Å². The number of carbonyl (C=O) groups excluding carboxylic acids is 2. The molecular formula is C24H17N2O2S+. The van der Waals surface area contributed by atoms with E-state index in [0.717, 1.165) is 23.0 Å². The van der Waals surface area contributed by atoms with Gasteiger partial charge in [0, 0.05) is 23.3 Å². The minimum atomic E-state index is -0.180. The maximum atomic E-state index is 12.8. The molecule has 2 aromatic heterocycles. The zero-order valence-corrected chi connectivity index (χ0v) is 16.6. The van der Waals surface area contributed by atoms with Gasteiger partial charge in [0.25, 0.3) is 0 Å². The number of nitrogens with zero attached hydrogens (tertiary/aromatic N) is 2. The third kappa shape index (κ3) is 2.82. The number of pyridine rings is 1. The third-order valence-electron chi connectivity index (χ3n) is 5.19. The molecule has 1 aliphatic rings. The van der Waals surface area contributed by atoms with E-state index in [1.54, 1.807) is 24.3 Å². The van der Waals surface area contributed by atoms with E-state index in [-0.39, 0.29) is 17.3 Å². The lowest BCUT2D eigenvalue weighted by atomic mass is 9.91. The van der Waals surface area contributed by atoms with Gasteiger partial charge in [0.2, 0.25) is 17.1 Å². The van der Waals surface area contributed by atoms with Crippen molar-refractivity contribution in [1.82, 2.24) is 4.98 Å². The highest BCUT2D eigenvalue weighted by Crippen LogP contribution is 2.31. The fourth-order valence-corrected chi connectivity index (χ4v) is 4.66. The van der Waals surface area contributed by atoms with Gasteiger partial charge in [0.05, 0.1) is 5.39 Å². The van der Waals surface area contributed by atoms with Crippen molar-refractivity contribution in [3.05, 3.63) is 93.1 Å². The summed E-state index contributed by atoms with van der Waals surface area (Å²) in [5, 5.41) is 1.80. The van der Waals surface area contributed by atoms with Crippen LogP contribution >= 0.6 is 11.3 Å². The molecule has 0 bridgehead atoms. The van der Waals surface area contributed by atoms with E-state index >= 15 is 0 Å². The number of aromatic nitrogens is 2. The normalized spacial score (nSPS) is 13.1. The molecule has 0 N–H and O–H groups in total. The molecule has 2 heterocycles. The smallest absolute Gasteiger partial charge is 0.213 e. The van der Waals surface area contributed by atoms with Crippen molar-refractivity contribution in [2.24, 2.45) is 0 Å². The number of hydrogen-bond acceptors (Lipinski definition) is 4. The van der Waals surface area contributed by atoms with Crippen LogP contribution in [0, 0.1) is 0 Å². The summed E-state index contributed by atoms with van der Waals surface area (Å²) in [7, 11) is 0. The van der Waals surface area contributed by atoms with Crippen molar-refractivity contribution in [2.45, 2.75) is 13.5 Å². The lowest BCUT2D eigenvalue weighted by molar-refractivity contribution is -0.667. The topological polar surface area (TPSA) is 50.9 Å². The average molecular weight is 397 g/mol. The van der Waals surface area contributed by atoms with Gasteiger partial charge in [-0.1, -0.05) is 42.5 Å². The maximum Gasteiger partial charge on any atom is 0.213 e. The average Bonchev–Trinajstić information content (AvgIpc) is 3.20. The molecule has 0 atom stereocenters. The van der Waals surface area contributed by atoms with Gasteiger partial charge in [-0.25, -0.2) is 4.98 Å². The number of thiazole rings is 1. The highest BCUT2D eigenvalue weighted by molar-refractivity contribution is 7.15. The first-order chi connectivity index (χ1) is 14.2. The predicted molar refractivity (Wildman–Crippen MR) is 114 cm³/mol. The molecule has 0 fully saturated rings. The van der Waals surface area contributed by atoms with Crippen molar-refractivity contribution in [3.8, 4) is 0 Å². The molecule has 0 spiro atoms. The number of rotatable bonds is 3. The molecule has 5 rings (SSSR count). The third-order valence-corrected chi connectivity index (χ3v) is 6.21. The number of aryl methyl sites for hydroxylation is 1. The summed E-state index contributed by atoms with van der Waals surface area (Å²) < 4.78 is 2.20. The number of carbonyl (C=O) groups is 2. The van der Waals surface area contributed by atoms with Crippen molar-refractivity contribution in [2.75, 3.05) is 0 Å². The number of ketones is 2. The summed E-state index contributed by atoms with van der Waals surface area (Å²) in [6.07, 6.45) is 5.94. The van der Waals surface area contributed by atoms with E-state index in [1.807, 2.05) is 24.3 Å². The summed E-state index contributed by atoms with van der Waals surface area (Å²) in [5.74, 6) is -0.304. The zero-order valence-electron chi connectivity index (χ0n) is 15.8. The minimum Gasteiger partial charge on any atom is -0.288 e. The molecule has 4 nitrogen and oxygen atoms in total. The van der Waals surface area contributed by atoms with Crippen LogP contribution in [0.1, 0.15) is 48.8 Å². The molecule has 0 saturated carbocycles.